The molecule has 170 valence electrons. The summed E-state index contributed by atoms with van der Waals surface area (Å²) in [4.78, 5) is 2.78. The molecule has 4 aliphatic rings. The zero-order chi connectivity index (χ0) is 21.4. The van der Waals surface area contributed by atoms with E-state index in [1.807, 2.05) is 0 Å². The molecule has 3 nitrogen and oxygen atoms in total. The Balaban J connectivity index is 1.21. The van der Waals surface area contributed by atoms with Gasteiger partial charge in [0.15, 0.2) is 5.72 Å². The maximum atomic E-state index is 7.01. The maximum Gasteiger partial charge on any atom is 0.163 e. The molecular formula is C29H37NO2. The second-order valence-corrected chi connectivity index (χ2v) is 10.7. The summed E-state index contributed by atoms with van der Waals surface area (Å²) < 4.78 is 13.4. The van der Waals surface area contributed by atoms with E-state index in [0.29, 0.717) is 0 Å². The molecule has 1 heterocycles. The number of rotatable bonds is 8. The first-order valence-corrected chi connectivity index (χ1v) is 13.1. The average Bonchev–Trinajstić information content (AvgIpc) is 3.76. The quantitative estimate of drug-likeness (QED) is 0.424. The molecule has 1 unspecified atom stereocenters. The van der Waals surface area contributed by atoms with Crippen molar-refractivity contribution in [2.75, 3.05) is 13.1 Å². The SMILES string of the molecule is c1ccc(C2CCc3cc(OC4(N(CC5CC5)CC5CC5)CCCCC4)ccc3O2)cc1. The van der Waals surface area contributed by atoms with Crippen molar-refractivity contribution in [3.05, 3.63) is 59.7 Å². The normalized spacial score (nSPS) is 24.6. The van der Waals surface area contributed by atoms with Gasteiger partial charge in [-0.1, -0.05) is 36.8 Å². The van der Waals surface area contributed by atoms with Crippen LogP contribution in [0.5, 0.6) is 11.5 Å². The molecule has 3 heteroatoms. The third-order valence-corrected chi connectivity index (χ3v) is 8.02. The minimum atomic E-state index is -0.0975. The van der Waals surface area contributed by atoms with Crippen LogP contribution in [0.25, 0.3) is 0 Å². The van der Waals surface area contributed by atoms with Crippen molar-refractivity contribution in [2.45, 2.75) is 82.5 Å². The lowest BCUT2D eigenvalue weighted by atomic mass is 9.89. The van der Waals surface area contributed by atoms with Crippen LogP contribution < -0.4 is 9.47 Å². The molecule has 0 amide bonds. The number of hydrogen-bond donors (Lipinski definition) is 0. The summed E-state index contributed by atoms with van der Waals surface area (Å²) in [6.45, 7) is 2.48. The van der Waals surface area contributed by atoms with Crippen molar-refractivity contribution >= 4 is 0 Å². The molecule has 0 N–H and O–H groups in total. The number of fused-ring (bicyclic) bond motifs is 1. The molecule has 6 rings (SSSR count). The van der Waals surface area contributed by atoms with Crippen LogP contribution in [-0.4, -0.2) is 23.7 Å². The van der Waals surface area contributed by atoms with Gasteiger partial charge in [-0.2, -0.15) is 0 Å². The highest BCUT2D eigenvalue weighted by Crippen LogP contribution is 2.43. The first kappa shape index (κ1) is 20.6. The van der Waals surface area contributed by atoms with Crippen LogP contribution in [0.1, 0.15) is 81.4 Å². The van der Waals surface area contributed by atoms with E-state index in [0.717, 1.165) is 36.2 Å². The van der Waals surface area contributed by atoms with Gasteiger partial charge in [0.1, 0.15) is 17.6 Å². The van der Waals surface area contributed by atoms with Crippen molar-refractivity contribution in [1.29, 1.82) is 0 Å². The summed E-state index contributed by atoms with van der Waals surface area (Å²) in [5, 5.41) is 0. The molecule has 3 aliphatic carbocycles. The average molecular weight is 432 g/mol. The summed E-state index contributed by atoms with van der Waals surface area (Å²) in [5.74, 6) is 3.89. The number of hydrogen-bond acceptors (Lipinski definition) is 3. The Morgan fingerprint density at radius 2 is 1.56 bits per heavy atom. The lowest BCUT2D eigenvalue weighted by Gasteiger charge is -2.46. The Labute approximate surface area is 193 Å². The molecule has 0 spiro atoms. The van der Waals surface area contributed by atoms with Crippen LogP contribution in [-0.2, 0) is 6.42 Å². The van der Waals surface area contributed by atoms with Crippen molar-refractivity contribution in [1.82, 2.24) is 4.90 Å². The molecule has 3 saturated carbocycles. The second kappa shape index (κ2) is 8.74. The van der Waals surface area contributed by atoms with Crippen LogP contribution in [0.4, 0.5) is 0 Å². The first-order valence-electron chi connectivity index (χ1n) is 13.1. The van der Waals surface area contributed by atoms with E-state index in [9.17, 15) is 0 Å². The fourth-order valence-electron chi connectivity index (χ4n) is 5.77. The highest BCUT2D eigenvalue weighted by Gasteiger charge is 2.44. The van der Waals surface area contributed by atoms with Crippen molar-refractivity contribution in [3.8, 4) is 11.5 Å². The van der Waals surface area contributed by atoms with Gasteiger partial charge in [0, 0.05) is 25.9 Å². The molecule has 1 atom stereocenters. The fraction of sp³-hybridized carbons (Fsp3) is 0.586. The third-order valence-electron chi connectivity index (χ3n) is 8.02. The van der Waals surface area contributed by atoms with Gasteiger partial charge in [0.05, 0.1) is 0 Å². The van der Waals surface area contributed by atoms with Crippen LogP contribution in [0.3, 0.4) is 0 Å². The van der Waals surface area contributed by atoms with Gasteiger partial charge >= 0.3 is 0 Å². The maximum absolute atomic E-state index is 7.01. The van der Waals surface area contributed by atoms with Gasteiger partial charge in [0.2, 0.25) is 0 Å². The fourth-order valence-corrected chi connectivity index (χ4v) is 5.77. The topological polar surface area (TPSA) is 21.7 Å². The van der Waals surface area contributed by atoms with Crippen molar-refractivity contribution in [2.24, 2.45) is 11.8 Å². The van der Waals surface area contributed by atoms with Gasteiger partial charge in [-0.25, -0.2) is 0 Å². The molecule has 3 fully saturated rings. The van der Waals surface area contributed by atoms with Crippen molar-refractivity contribution < 1.29 is 9.47 Å². The molecule has 2 aromatic rings. The van der Waals surface area contributed by atoms with E-state index < -0.39 is 0 Å². The lowest BCUT2D eigenvalue weighted by Crippen LogP contribution is -2.55. The summed E-state index contributed by atoms with van der Waals surface area (Å²) >= 11 is 0. The van der Waals surface area contributed by atoms with Gasteiger partial charge in [-0.3, -0.25) is 4.90 Å². The third kappa shape index (κ3) is 4.55. The van der Waals surface area contributed by atoms with E-state index >= 15 is 0 Å². The van der Waals surface area contributed by atoms with Crippen LogP contribution in [0, 0.1) is 11.8 Å². The van der Waals surface area contributed by atoms with Crippen LogP contribution >= 0.6 is 0 Å². The molecule has 0 bridgehead atoms. The van der Waals surface area contributed by atoms with E-state index in [1.54, 1.807) is 0 Å². The van der Waals surface area contributed by atoms with E-state index in [2.05, 4.69) is 53.4 Å². The number of benzene rings is 2. The molecule has 0 radical (unpaired) electrons. The molecule has 0 aromatic heterocycles. The smallest absolute Gasteiger partial charge is 0.163 e. The Morgan fingerprint density at radius 1 is 0.844 bits per heavy atom. The van der Waals surface area contributed by atoms with Crippen LogP contribution in [0.2, 0.25) is 0 Å². The molecule has 2 aromatic carbocycles. The van der Waals surface area contributed by atoms with E-state index in [1.165, 1.54) is 82.0 Å². The zero-order valence-corrected chi connectivity index (χ0v) is 19.3. The number of nitrogens with zero attached hydrogens (tertiary/aromatic N) is 1. The van der Waals surface area contributed by atoms with Gasteiger partial charge < -0.3 is 9.47 Å². The highest BCUT2D eigenvalue weighted by atomic mass is 16.5. The number of aryl methyl sites for hydroxylation is 1. The standard InChI is InChI=1S/C29H37NO2/c1-3-7-24(8-4-1)27-15-13-25-19-26(14-16-28(25)31-27)32-29(17-5-2-6-18-29)30(20-22-9-10-22)21-23-11-12-23/h1,3-4,7-8,14,16,19,22-23,27H,2,5-6,9-13,15,17-18,20-21H2. The van der Waals surface area contributed by atoms with Gasteiger partial charge in [-0.15, -0.1) is 0 Å². The molecule has 1 aliphatic heterocycles. The number of ether oxygens (including phenoxy) is 2. The lowest BCUT2D eigenvalue weighted by molar-refractivity contribution is -0.114. The predicted octanol–water partition coefficient (Wildman–Crippen LogP) is 6.91. The summed E-state index contributed by atoms with van der Waals surface area (Å²) in [6, 6.07) is 17.2. The molecule has 0 saturated heterocycles. The largest absolute Gasteiger partial charge is 0.485 e. The minimum Gasteiger partial charge on any atom is -0.485 e. The summed E-state index contributed by atoms with van der Waals surface area (Å²) in [5.41, 5.74) is 2.48. The Hall–Kier alpha value is -2.00. The highest BCUT2D eigenvalue weighted by molar-refractivity contribution is 5.42. The molecule has 32 heavy (non-hydrogen) atoms. The Morgan fingerprint density at radius 3 is 2.25 bits per heavy atom. The molecular weight excluding hydrogens is 394 g/mol. The minimum absolute atomic E-state index is 0.0975. The first-order chi connectivity index (χ1) is 15.8. The second-order valence-electron chi connectivity index (χ2n) is 10.7. The summed E-state index contributed by atoms with van der Waals surface area (Å²) in [7, 11) is 0. The van der Waals surface area contributed by atoms with Gasteiger partial charge in [-0.05, 0) is 92.5 Å². The monoisotopic (exact) mass is 431 g/mol. The van der Waals surface area contributed by atoms with E-state index in [-0.39, 0.29) is 11.8 Å². The predicted molar refractivity (Wildman–Crippen MR) is 128 cm³/mol. The summed E-state index contributed by atoms with van der Waals surface area (Å²) in [6.07, 6.45) is 14.2. The van der Waals surface area contributed by atoms with Crippen LogP contribution in [0.15, 0.2) is 48.5 Å². The van der Waals surface area contributed by atoms with Crippen molar-refractivity contribution in [3.63, 3.8) is 0 Å². The van der Waals surface area contributed by atoms with Gasteiger partial charge in [0.25, 0.3) is 0 Å². The zero-order valence-electron chi connectivity index (χ0n) is 19.3. The van der Waals surface area contributed by atoms with E-state index in [4.69, 9.17) is 9.47 Å². The Bertz CT molecular complexity index is 898. The Kier molecular flexibility index (Phi) is 5.63.